The van der Waals surface area contributed by atoms with E-state index in [2.05, 4.69) is 5.32 Å². The number of fused-ring (bicyclic) bond motifs is 3. The third-order valence-electron chi connectivity index (χ3n) is 4.15. The number of aromatic nitrogens is 2. The van der Waals surface area contributed by atoms with Gasteiger partial charge in [0, 0.05) is 5.56 Å². The Morgan fingerprint density at radius 3 is 2.54 bits per heavy atom. The molecule has 5 rings (SSSR count). The van der Waals surface area contributed by atoms with Gasteiger partial charge in [0.2, 0.25) is 0 Å². The molecule has 0 spiro atoms. The largest absolute Gasteiger partial charge is 0.290 e. The first-order chi connectivity index (χ1) is 12.7. The van der Waals surface area contributed by atoms with Gasteiger partial charge in [-0.3, -0.25) is 19.3 Å². The van der Waals surface area contributed by atoms with E-state index in [0.717, 1.165) is 43.9 Å². The molecule has 2 aromatic carbocycles. The predicted octanol–water partition coefficient (Wildman–Crippen LogP) is 4.54. The lowest BCUT2D eigenvalue weighted by Gasteiger charge is -2.02. The van der Waals surface area contributed by atoms with Gasteiger partial charge in [0.25, 0.3) is 11.1 Å². The highest BCUT2D eigenvalue weighted by Gasteiger charge is 2.27. The van der Waals surface area contributed by atoms with Crippen LogP contribution in [0.5, 0.6) is 0 Å². The topological polar surface area (TPSA) is 63.5 Å². The monoisotopic (exact) mass is 377 g/mol. The quantitative estimate of drug-likeness (QED) is 0.521. The van der Waals surface area contributed by atoms with Crippen molar-refractivity contribution in [2.75, 3.05) is 0 Å². The van der Waals surface area contributed by atoms with Crippen molar-refractivity contribution in [3.05, 3.63) is 65.2 Å². The first-order valence-corrected chi connectivity index (χ1v) is 9.54. The highest BCUT2D eigenvalue weighted by Crippen LogP contribution is 2.35. The first-order valence-electron chi connectivity index (χ1n) is 7.91. The molecule has 1 aliphatic rings. The summed E-state index contributed by atoms with van der Waals surface area (Å²) >= 11 is 2.52. The molecule has 26 heavy (non-hydrogen) atoms. The maximum absolute atomic E-state index is 12.0. The van der Waals surface area contributed by atoms with Gasteiger partial charge >= 0.3 is 0 Å². The molecule has 0 radical (unpaired) electrons. The molecule has 1 N–H and O–H groups in total. The fourth-order valence-electron chi connectivity index (χ4n) is 3.03. The second kappa shape index (κ2) is 5.82. The maximum atomic E-state index is 12.0. The van der Waals surface area contributed by atoms with Crippen LogP contribution in [0.25, 0.3) is 32.5 Å². The van der Waals surface area contributed by atoms with Crippen molar-refractivity contribution >= 4 is 55.5 Å². The Kier molecular flexibility index (Phi) is 3.44. The van der Waals surface area contributed by atoms with Crippen molar-refractivity contribution in [2.45, 2.75) is 0 Å². The summed E-state index contributed by atoms with van der Waals surface area (Å²) in [5, 5.41) is 1.96. The number of benzene rings is 2. The first kappa shape index (κ1) is 15.4. The molecule has 1 fully saturated rings. The van der Waals surface area contributed by atoms with Crippen LogP contribution >= 0.6 is 23.1 Å². The lowest BCUT2D eigenvalue weighted by Crippen LogP contribution is -2.17. The summed E-state index contributed by atoms with van der Waals surface area (Å²) in [5.41, 5.74) is 3.59. The minimum Gasteiger partial charge on any atom is -0.283 e. The van der Waals surface area contributed by atoms with Gasteiger partial charge in [-0.25, -0.2) is 4.98 Å². The van der Waals surface area contributed by atoms with Crippen LogP contribution in [0.15, 0.2) is 59.5 Å². The van der Waals surface area contributed by atoms with Gasteiger partial charge < -0.3 is 0 Å². The van der Waals surface area contributed by atoms with E-state index in [1.807, 2.05) is 59.0 Å². The summed E-state index contributed by atoms with van der Waals surface area (Å²) in [6.45, 7) is 0. The molecule has 0 atom stereocenters. The number of nitrogens with one attached hydrogen (secondary N) is 1. The molecule has 0 aliphatic carbocycles. The van der Waals surface area contributed by atoms with E-state index in [1.165, 1.54) is 0 Å². The van der Waals surface area contributed by atoms with Crippen molar-refractivity contribution in [3.8, 4) is 11.3 Å². The SMILES string of the molecule is O=C1NC(=O)/C(=C/c2c(-c3ccccc3)nc3sc4ccccc4n23)S1. The zero-order valence-electron chi connectivity index (χ0n) is 13.3. The third kappa shape index (κ3) is 2.36. The number of imidazole rings is 1. The van der Waals surface area contributed by atoms with E-state index >= 15 is 0 Å². The van der Waals surface area contributed by atoms with Crippen molar-refractivity contribution < 1.29 is 9.59 Å². The summed E-state index contributed by atoms with van der Waals surface area (Å²) in [5.74, 6) is -0.367. The van der Waals surface area contributed by atoms with E-state index in [1.54, 1.807) is 17.4 Å². The number of nitrogens with zero attached hydrogens (tertiary/aromatic N) is 2. The molecule has 1 saturated heterocycles. The van der Waals surface area contributed by atoms with Crippen LogP contribution in [0, 0.1) is 0 Å². The van der Waals surface area contributed by atoms with Crippen LogP contribution in [0.2, 0.25) is 0 Å². The van der Waals surface area contributed by atoms with Crippen LogP contribution in [0.1, 0.15) is 5.69 Å². The Morgan fingerprint density at radius 1 is 1.00 bits per heavy atom. The Morgan fingerprint density at radius 2 is 1.77 bits per heavy atom. The zero-order chi connectivity index (χ0) is 17.7. The van der Waals surface area contributed by atoms with Crippen LogP contribution in [-0.2, 0) is 4.79 Å². The standard InChI is InChI=1S/C19H11N3O2S2/c23-17-15(26-19(24)21-17)10-13-16(11-6-2-1-3-7-11)20-18-22(13)12-8-4-5-9-14(12)25-18/h1-10H,(H,21,23,24)/b15-10-. The molecule has 0 bridgehead atoms. The predicted molar refractivity (Wildman–Crippen MR) is 105 cm³/mol. The van der Waals surface area contributed by atoms with Crippen molar-refractivity contribution in [2.24, 2.45) is 0 Å². The molecule has 5 nitrogen and oxygen atoms in total. The number of hydrogen-bond donors (Lipinski definition) is 1. The Bertz CT molecular complexity index is 1220. The van der Waals surface area contributed by atoms with E-state index in [0.29, 0.717) is 4.91 Å². The second-order valence-corrected chi connectivity index (χ2v) is 7.78. The number of carbonyl (C=O) groups is 2. The third-order valence-corrected chi connectivity index (χ3v) is 5.98. The number of amides is 2. The van der Waals surface area contributed by atoms with Crippen LogP contribution < -0.4 is 5.32 Å². The Hall–Kier alpha value is -2.90. The highest BCUT2D eigenvalue weighted by molar-refractivity contribution is 8.18. The summed E-state index contributed by atoms with van der Waals surface area (Å²) in [4.78, 5) is 29.6. The molecule has 0 saturated carbocycles. The number of thioether (sulfide) groups is 1. The molecule has 2 aromatic heterocycles. The van der Waals surface area contributed by atoms with Gasteiger partial charge in [-0.05, 0) is 30.0 Å². The van der Waals surface area contributed by atoms with Gasteiger partial charge in [0.15, 0.2) is 4.96 Å². The van der Waals surface area contributed by atoms with Gasteiger partial charge in [0.05, 0.1) is 26.5 Å². The van der Waals surface area contributed by atoms with Gasteiger partial charge in [0.1, 0.15) is 0 Å². The van der Waals surface area contributed by atoms with E-state index in [4.69, 9.17) is 4.98 Å². The number of thiazole rings is 1. The maximum Gasteiger partial charge on any atom is 0.290 e. The van der Waals surface area contributed by atoms with E-state index < -0.39 is 0 Å². The highest BCUT2D eigenvalue weighted by atomic mass is 32.2. The van der Waals surface area contributed by atoms with Crippen LogP contribution in [0.3, 0.4) is 0 Å². The van der Waals surface area contributed by atoms with Gasteiger partial charge in [-0.1, -0.05) is 53.8 Å². The number of imide groups is 1. The molecule has 0 unspecified atom stereocenters. The Balaban J connectivity index is 1.84. The molecule has 3 heterocycles. The number of para-hydroxylation sites is 1. The molecule has 1 aliphatic heterocycles. The number of hydrogen-bond acceptors (Lipinski definition) is 5. The molecule has 126 valence electrons. The smallest absolute Gasteiger partial charge is 0.283 e. The zero-order valence-corrected chi connectivity index (χ0v) is 14.9. The molecule has 7 heteroatoms. The average Bonchev–Trinajstić information content (AvgIpc) is 3.28. The summed E-state index contributed by atoms with van der Waals surface area (Å²) in [6.07, 6.45) is 1.76. The average molecular weight is 377 g/mol. The number of rotatable bonds is 2. The molecule has 4 aromatic rings. The number of carbonyl (C=O) groups excluding carboxylic acids is 2. The second-order valence-electron chi connectivity index (χ2n) is 5.75. The fourth-order valence-corrected chi connectivity index (χ4v) is 4.72. The lowest BCUT2D eigenvalue weighted by atomic mass is 10.1. The van der Waals surface area contributed by atoms with Gasteiger partial charge in [-0.2, -0.15) is 0 Å². The van der Waals surface area contributed by atoms with Gasteiger partial charge in [-0.15, -0.1) is 0 Å². The van der Waals surface area contributed by atoms with E-state index in [-0.39, 0.29) is 11.1 Å². The van der Waals surface area contributed by atoms with Crippen molar-refractivity contribution in [3.63, 3.8) is 0 Å². The lowest BCUT2D eigenvalue weighted by molar-refractivity contribution is -0.115. The minimum atomic E-state index is -0.367. The summed E-state index contributed by atoms with van der Waals surface area (Å²) in [6, 6.07) is 17.9. The summed E-state index contributed by atoms with van der Waals surface area (Å²) in [7, 11) is 0. The molecular weight excluding hydrogens is 366 g/mol. The minimum absolute atomic E-state index is 0.349. The van der Waals surface area contributed by atoms with Crippen LogP contribution in [-0.4, -0.2) is 20.5 Å². The Labute approximate surface area is 156 Å². The fraction of sp³-hybridized carbons (Fsp3) is 0. The van der Waals surface area contributed by atoms with Crippen molar-refractivity contribution in [1.29, 1.82) is 0 Å². The van der Waals surface area contributed by atoms with Crippen molar-refractivity contribution in [1.82, 2.24) is 14.7 Å². The summed E-state index contributed by atoms with van der Waals surface area (Å²) < 4.78 is 3.17. The van der Waals surface area contributed by atoms with Crippen LogP contribution in [0.4, 0.5) is 4.79 Å². The molecule has 2 amide bonds. The van der Waals surface area contributed by atoms with E-state index in [9.17, 15) is 9.59 Å². The molecular formula is C19H11N3O2S2. The normalized spacial score (nSPS) is 16.1.